The first-order valence-corrected chi connectivity index (χ1v) is 6.83. The number of unbranched alkanes of at least 4 members (excludes halogenated alkanes) is 8. The molecule has 0 rings (SSSR count). The van der Waals surface area contributed by atoms with Gasteiger partial charge < -0.3 is 0 Å². The Kier molecular flexibility index (Phi) is 32.8. The average Bonchev–Trinajstić information content (AvgIpc) is 2.21. The number of rotatable bonds is 8. The van der Waals surface area contributed by atoms with Crippen LogP contribution in [0.1, 0.15) is 91.9 Å². The Balaban J connectivity index is -0.000000180. The Bertz CT molecular complexity index is 53.7. The quantitative estimate of drug-likeness (QED) is 0.429. The molecule has 0 aliphatic rings. The maximum Gasteiger partial charge on any atom is -0.0533 e. The molecule has 0 bridgehead atoms. The molecule has 0 radical (unpaired) electrons. The minimum absolute atomic E-state index is 0. The zero-order chi connectivity index (χ0) is 11.1. The highest BCUT2D eigenvalue weighted by Gasteiger charge is 1.80. The Labute approximate surface area is 105 Å². The molecule has 15 heavy (non-hydrogen) atoms. The van der Waals surface area contributed by atoms with Crippen molar-refractivity contribution in [1.82, 2.24) is 0 Å². The Morgan fingerprint density at radius 1 is 0.400 bits per heavy atom. The van der Waals surface area contributed by atoms with Crippen LogP contribution in [-0.4, -0.2) is 0 Å². The van der Waals surface area contributed by atoms with Crippen LogP contribution in [0.3, 0.4) is 0 Å². The molecule has 96 valence electrons. The maximum atomic E-state index is 2.25. The SMILES string of the molecule is CCCCCCC.CCCCCCC.Cl. The van der Waals surface area contributed by atoms with Gasteiger partial charge in [-0.25, -0.2) is 0 Å². The van der Waals surface area contributed by atoms with E-state index in [1.54, 1.807) is 0 Å². The van der Waals surface area contributed by atoms with Crippen LogP contribution >= 0.6 is 12.4 Å². The van der Waals surface area contributed by atoms with E-state index in [2.05, 4.69) is 27.7 Å². The van der Waals surface area contributed by atoms with Crippen LogP contribution < -0.4 is 0 Å². The third kappa shape index (κ3) is 31.4. The largest absolute Gasteiger partial charge is 0.147 e. The van der Waals surface area contributed by atoms with Crippen molar-refractivity contribution < 1.29 is 0 Å². The Hall–Kier alpha value is 0.290. The molecule has 0 unspecified atom stereocenters. The molecule has 0 aromatic heterocycles. The summed E-state index contributed by atoms with van der Waals surface area (Å²) in [5.74, 6) is 0. The molecule has 0 nitrogen and oxygen atoms in total. The molecule has 0 aromatic rings. The van der Waals surface area contributed by atoms with Crippen molar-refractivity contribution in [2.24, 2.45) is 0 Å². The predicted molar refractivity (Wildman–Crippen MR) is 76.1 cm³/mol. The van der Waals surface area contributed by atoms with Gasteiger partial charge in [0.05, 0.1) is 0 Å². The van der Waals surface area contributed by atoms with Crippen LogP contribution in [0.25, 0.3) is 0 Å². The molecule has 0 spiro atoms. The monoisotopic (exact) mass is 236 g/mol. The molecule has 1 heteroatoms. The molecule has 0 amide bonds. The summed E-state index contributed by atoms with van der Waals surface area (Å²) in [5.41, 5.74) is 0. The summed E-state index contributed by atoms with van der Waals surface area (Å²) in [6, 6.07) is 0. The summed E-state index contributed by atoms with van der Waals surface area (Å²) >= 11 is 0. The fourth-order valence-electron chi connectivity index (χ4n) is 1.35. The van der Waals surface area contributed by atoms with E-state index in [0.717, 1.165) is 0 Å². The lowest BCUT2D eigenvalue weighted by molar-refractivity contribution is 0.656. The lowest BCUT2D eigenvalue weighted by Gasteiger charge is -1.90. The molecule has 0 aromatic carbocycles. The predicted octanol–water partition coefficient (Wildman–Crippen LogP) is 6.38. The highest BCUT2D eigenvalue weighted by Crippen LogP contribution is 2.00. The highest BCUT2D eigenvalue weighted by molar-refractivity contribution is 5.85. The van der Waals surface area contributed by atoms with E-state index in [0.29, 0.717) is 0 Å². The molecule has 0 fully saturated rings. The second-order valence-corrected chi connectivity index (χ2v) is 4.12. The van der Waals surface area contributed by atoms with Gasteiger partial charge in [0.15, 0.2) is 0 Å². The fraction of sp³-hybridized carbons (Fsp3) is 1.00. The summed E-state index contributed by atoms with van der Waals surface area (Å²) in [6.45, 7) is 8.98. The number of hydrogen-bond acceptors (Lipinski definition) is 0. The van der Waals surface area contributed by atoms with Crippen molar-refractivity contribution in [1.29, 1.82) is 0 Å². The van der Waals surface area contributed by atoms with E-state index in [-0.39, 0.29) is 12.4 Å². The standard InChI is InChI=1S/2C7H16.ClH/c2*1-3-5-7-6-4-2;/h2*3-7H2,1-2H3;1H. The van der Waals surface area contributed by atoms with E-state index in [4.69, 9.17) is 0 Å². The summed E-state index contributed by atoms with van der Waals surface area (Å²) < 4.78 is 0. The van der Waals surface area contributed by atoms with Crippen molar-refractivity contribution in [3.63, 3.8) is 0 Å². The first kappa shape index (κ1) is 20.7. The fourth-order valence-corrected chi connectivity index (χ4v) is 1.35. The van der Waals surface area contributed by atoms with E-state index in [1.165, 1.54) is 64.2 Å². The summed E-state index contributed by atoms with van der Waals surface area (Å²) in [6.07, 6.45) is 14.0. The highest BCUT2D eigenvalue weighted by atomic mass is 35.5. The van der Waals surface area contributed by atoms with E-state index < -0.39 is 0 Å². The van der Waals surface area contributed by atoms with Gasteiger partial charge in [0.25, 0.3) is 0 Å². The third-order valence-corrected chi connectivity index (χ3v) is 2.41. The van der Waals surface area contributed by atoms with Crippen LogP contribution in [0.5, 0.6) is 0 Å². The zero-order valence-electron chi connectivity index (χ0n) is 11.5. The second-order valence-electron chi connectivity index (χ2n) is 4.12. The molecule has 0 saturated heterocycles. The minimum Gasteiger partial charge on any atom is -0.147 e. The molecule has 0 atom stereocenters. The second kappa shape index (κ2) is 23.8. The van der Waals surface area contributed by atoms with Crippen LogP contribution in [0.2, 0.25) is 0 Å². The summed E-state index contributed by atoms with van der Waals surface area (Å²) in [5, 5.41) is 0. The van der Waals surface area contributed by atoms with Crippen molar-refractivity contribution in [2.45, 2.75) is 91.9 Å². The smallest absolute Gasteiger partial charge is 0.0533 e. The van der Waals surface area contributed by atoms with E-state index in [9.17, 15) is 0 Å². The van der Waals surface area contributed by atoms with Crippen molar-refractivity contribution in [3.05, 3.63) is 0 Å². The molecule has 0 N–H and O–H groups in total. The lowest BCUT2D eigenvalue weighted by Crippen LogP contribution is -1.70. The molecular formula is C14H33Cl. The molecule has 0 aliphatic heterocycles. The van der Waals surface area contributed by atoms with Gasteiger partial charge in [-0.2, -0.15) is 0 Å². The van der Waals surface area contributed by atoms with E-state index >= 15 is 0 Å². The van der Waals surface area contributed by atoms with Gasteiger partial charge in [-0.15, -0.1) is 12.4 Å². The molecule has 0 heterocycles. The third-order valence-electron chi connectivity index (χ3n) is 2.41. The summed E-state index contributed by atoms with van der Waals surface area (Å²) in [7, 11) is 0. The van der Waals surface area contributed by atoms with Crippen molar-refractivity contribution in [2.75, 3.05) is 0 Å². The first-order valence-electron chi connectivity index (χ1n) is 6.83. The van der Waals surface area contributed by atoms with Gasteiger partial charge in [-0.05, 0) is 0 Å². The molecule has 0 aliphatic carbocycles. The van der Waals surface area contributed by atoms with Crippen molar-refractivity contribution >= 4 is 12.4 Å². The average molecular weight is 237 g/mol. The van der Waals surface area contributed by atoms with Crippen LogP contribution in [0.15, 0.2) is 0 Å². The van der Waals surface area contributed by atoms with Crippen molar-refractivity contribution in [3.8, 4) is 0 Å². The first-order chi connectivity index (χ1) is 6.83. The van der Waals surface area contributed by atoms with Gasteiger partial charge in [-0.3, -0.25) is 0 Å². The Morgan fingerprint density at radius 3 is 0.733 bits per heavy atom. The molecule has 0 saturated carbocycles. The zero-order valence-corrected chi connectivity index (χ0v) is 12.3. The van der Waals surface area contributed by atoms with Gasteiger partial charge in [0, 0.05) is 0 Å². The van der Waals surface area contributed by atoms with E-state index in [1.807, 2.05) is 0 Å². The lowest BCUT2D eigenvalue weighted by atomic mass is 10.2. The topological polar surface area (TPSA) is 0 Å². The minimum atomic E-state index is 0. The van der Waals surface area contributed by atoms with Crippen LogP contribution in [-0.2, 0) is 0 Å². The maximum absolute atomic E-state index is 2.25. The van der Waals surface area contributed by atoms with Crippen LogP contribution in [0, 0.1) is 0 Å². The van der Waals surface area contributed by atoms with Gasteiger partial charge in [0.2, 0.25) is 0 Å². The van der Waals surface area contributed by atoms with Gasteiger partial charge >= 0.3 is 0 Å². The molecular weight excluding hydrogens is 204 g/mol. The Morgan fingerprint density at radius 2 is 0.600 bits per heavy atom. The van der Waals surface area contributed by atoms with Gasteiger partial charge in [-0.1, -0.05) is 91.9 Å². The van der Waals surface area contributed by atoms with Crippen LogP contribution in [0.4, 0.5) is 0 Å². The van der Waals surface area contributed by atoms with Gasteiger partial charge in [0.1, 0.15) is 0 Å². The number of halogens is 1. The normalized spacial score (nSPS) is 8.80. The number of hydrogen-bond donors (Lipinski definition) is 0. The summed E-state index contributed by atoms with van der Waals surface area (Å²) in [4.78, 5) is 0.